The van der Waals surface area contributed by atoms with Crippen LogP contribution >= 0.6 is 19.2 Å². The first-order valence-electron chi connectivity index (χ1n) is 9.58. The van der Waals surface area contributed by atoms with Gasteiger partial charge < -0.3 is 20.1 Å². The highest BCUT2D eigenvalue weighted by atomic mass is 35.5. The average Bonchev–Trinajstić information content (AvgIpc) is 2.68. The standard InChI is InChI=1S/C21H26ClN2O5P/c1-3-28-30(27,29-4-2)14-15-8-10-17(11-9-15)21(26)24-19(20(23)25)13-16-6-5-7-18(22)12-16/h5-12,19H,3-4,13-14H2,1-2H3,(H2,23,25)(H,24,26)/t19-/m1/s1. The molecular formula is C21H26ClN2O5P. The van der Waals surface area contributed by atoms with Crippen molar-refractivity contribution in [3.8, 4) is 0 Å². The van der Waals surface area contributed by atoms with Crippen LogP contribution in [-0.4, -0.2) is 31.1 Å². The van der Waals surface area contributed by atoms with Crippen LogP contribution in [0.15, 0.2) is 48.5 Å². The molecule has 1 atom stereocenters. The molecule has 0 bridgehead atoms. The molecule has 2 rings (SSSR count). The van der Waals surface area contributed by atoms with Crippen LogP contribution in [0.2, 0.25) is 5.02 Å². The molecule has 0 unspecified atom stereocenters. The van der Waals surface area contributed by atoms with Crippen LogP contribution in [0, 0.1) is 0 Å². The van der Waals surface area contributed by atoms with E-state index in [0.29, 0.717) is 16.1 Å². The molecule has 0 aliphatic carbocycles. The Hall–Kier alpha value is -2.18. The number of hydrogen-bond donors (Lipinski definition) is 2. The molecule has 7 nitrogen and oxygen atoms in total. The van der Waals surface area contributed by atoms with Gasteiger partial charge in [0.05, 0.1) is 19.4 Å². The van der Waals surface area contributed by atoms with Gasteiger partial charge in [0.2, 0.25) is 5.91 Å². The number of hydrogen-bond acceptors (Lipinski definition) is 5. The molecule has 0 aromatic heterocycles. The molecule has 0 fully saturated rings. The first-order chi connectivity index (χ1) is 14.3. The van der Waals surface area contributed by atoms with Gasteiger partial charge in [0, 0.05) is 17.0 Å². The summed E-state index contributed by atoms with van der Waals surface area (Å²) in [6.07, 6.45) is 0.334. The van der Waals surface area contributed by atoms with Gasteiger partial charge in [-0.25, -0.2) is 0 Å². The Labute approximate surface area is 181 Å². The number of halogens is 1. The Morgan fingerprint density at radius 1 is 1.07 bits per heavy atom. The van der Waals surface area contributed by atoms with E-state index < -0.39 is 25.5 Å². The Kier molecular flexibility index (Phi) is 9.06. The lowest BCUT2D eigenvalue weighted by Gasteiger charge is -2.17. The first kappa shape index (κ1) is 24.1. The predicted molar refractivity (Wildman–Crippen MR) is 117 cm³/mol. The number of benzene rings is 2. The normalized spacial score (nSPS) is 12.4. The summed E-state index contributed by atoms with van der Waals surface area (Å²) in [6.45, 7) is 4.05. The minimum absolute atomic E-state index is 0.106. The number of primary amides is 1. The third kappa shape index (κ3) is 7.26. The van der Waals surface area contributed by atoms with Crippen molar-refractivity contribution in [3.05, 3.63) is 70.2 Å². The molecule has 2 aromatic carbocycles. The topological polar surface area (TPSA) is 108 Å². The van der Waals surface area contributed by atoms with Crippen molar-refractivity contribution in [2.24, 2.45) is 5.73 Å². The highest BCUT2D eigenvalue weighted by Crippen LogP contribution is 2.51. The molecule has 0 saturated heterocycles. The maximum atomic E-state index is 12.6. The molecule has 2 amide bonds. The summed E-state index contributed by atoms with van der Waals surface area (Å²) < 4.78 is 23.2. The molecule has 162 valence electrons. The Morgan fingerprint density at radius 2 is 1.70 bits per heavy atom. The maximum absolute atomic E-state index is 12.6. The molecule has 9 heteroatoms. The molecule has 0 aliphatic rings. The van der Waals surface area contributed by atoms with Crippen LogP contribution in [0.5, 0.6) is 0 Å². The second-order valence-electron chi connectivity index (χ2n) is 6.56. The van der Waals surface area contributed by atoms with Crippen LogP contribution in [0.1, 0.15) is 35.3 Å². The minimum atomic E-state index is -3.23. The number of amides is 2. The number of carbonyl (C=O) groups is 2. The number of nitrogens with one attached hydrogen (secondary N) is 1. The van der Waals surface area contributed by atoms with E-state index in [1.54, 1.807) is 62.4 Å². The zero-order chi connectivity index (χ0) is 22.1. The summed E-state index contributed by atoms with van der Waals surface area (Å²) in [5, 5.41) is 3.18. The van der Waals surface area contributed by atoms with Gasteiger partial charge in [0.15, 0.2) is 0 Å². The Morgan fingerprint density at radius 3 is 2.23 bits per heavy atom. The van der Waals surface area contributed by atoms with Gasteiger partial charge in [-0.05, 0) is 49.2 Å². The maximum Gasteiger partial charge on any atom is 0.335 e. The summed E-state index contributed by atoms with van der Waals surface area (Å²) in [5.74, 6) is -1.08. The van der Waals surface area contributed by atoms with Crippen LogP contribution in [0.3, 0.4) is 0 Å². The molecule has 3 N–H and O–H groups in total. The summed E-state index contributed by atoms with van der Waals surface area (Å²) in [6, 6.07) is 12.7. The molecule has 2 aromatic rings. The second-order valence-corrected chi connectivity index (χ2v) is 9.05. The van der Waals surface area contributed by atoms with Crippen LogP contribution in [0.4, 0.5) is 0 Å². The van der Waals surface area contributed by atoms with Crippen molar-refractivity contribution in [1.82, 2.24) is 5.32 Å². The van der Waals surface area contributed by atoms with Crippen LogP contribution < -0.4 is 11.1 Å². The second kappa shape index (κ2) is 11.3. The van der Waals surface area contributed by atoms with Gasteiger partial charge >= 0.3 is 7.60 Å². The summed E-state index contributed by atoms with van der Waals surface area (Å²) >= 11 is 5.97. The molecule has 0 aliphatic heterocycles. The fourth-order valence-electron chi connectivity index (χ4n) is 2.87. The lowest BCUT2D eigenvalue weighted by Crippen LogP contribution is -2.45. The molecule has 30 heavy (non-hydrogen) atoms. The summed E-state index contributed by atoms with van der Waals surface area (Å²) in [4.78, 5) is 24.4. The van der Waals surface area contributed by atoms with E-state index in [4.69, 9.17) is 26.4 Å². The number of nitrogens with two attached hydrogens (primary N) is 1. The van der Waals surface area contributed by atoms with Crippen LogP contribution in [-0.2, 0) is 31.0 Å². The van der Waals surface area contributed by atoms with Crippen molar-refractivity contribution in [1.29, 1.82) is 0 Å². The average molecular weight is 453 g/mol. The molecule has 0 radical (unpaired) electrons. The third-order valence-electron chi connectivity index (χ3n) is 4.22. The minimum Gasteiger partial charge on any atom is -0.368 e. The SMILES string of the molecule is CCOP(=O)(Cc1ccc(C(=O)N[C@H](Cc2cccc(Cl)c2)C(N)=O)cc1)OCC. The molecule has 0 spiro atoms. The highest BCUT2D eigenvalue weighted by Gasteiger charge is 2.24. The fraction of sp³-hybridized carbons (Fsp3) is 0.333. The van der Waals surface area contributed by atoms with Crippen molar-refractivity contribution < 1.29 is 23.2 Å². The quantitative estimate of drug-likeness (QED) is 0.502. The fourth-order valence-corrected chi connectivity index (χ4v) is 4.79. The van der Waals surface area contributed by atoms with E-state index in [1.165, 1.54) is 0 Å². The van der Waals surface area contributed by atoms with Crippen molar-refractivity contribution in [2.45, 2.75) is 32.5 Å². The van der Waals surface area contributed by atoms with Gasteiger partial charge in [-0.3, -0.25) is 14.2 Å². The van der Waals surface area contributed by atoms with Crippen molar-refractivity contribution >= 4 is 31.0 Å². The Bertz CT molecular complexity index is 910. The molecule has 0 saturated carbocycles. The van der Waals surface area contributed by atoms with Gasteiger partial charge in [-0.15, -0.1) is 0 Å². The monoisotopic (exact) mass is 452 g/mol. The van der Waals surface area contributed by atoms with E-state index >= 15 is 0 Å². The third-order valence-corrected chi connectivity index (χ3v) is 6.51. The van der Waals surface area contributed by atoms with Gasteiger partial charge in [-0.1, -0.05) is 35.9 Å². The lowest BCUT2D eigenvalue weighted by atomic mass is 10.0. The first-order valence-corrected chi connectivity index (χ1v) is 11.7. The predicted octanol–water partition coefficient (Wildman–Crippen LogP) is 3.93. The molecular weight excluding hydrogens is 427 g/mol. The largest absolute Gasteiger partial charge is 0.368 e. The summed E-state index contributed by atoms with van der Waals surface area (Å²) in [5.41, 5.74) is 7.29. The zero-order valence-electron chi connectivity index (χ0n) is 17.0. The van der Waals surface area contributed by atoms with E-state index in [2.05, 4.69) is 5.32 Å². The van der Waals surface area contributed by atoms with E-state index in [9.17, 15) is 14.2 Å². The van der Waals surface area contributed by atoms with Crippen molar-refractivity contribution in [3.63, 3.8) is 0 Å². The van der Waals surface area contributed by atoms with Gasteiger partial charge in [0.1, 0.15) is 6.04 Å². The lowest BCUT2D eigenvalue weighted by molar-refractivity contribution is -0.119. The summed E-state index contributed by atoms with van der Waals surface area (Å²) in [7, 11) is -3.23. The smallest absolute Gasteiger partial charge is 0.335 e. The van der Waals surface area contributed by atoms with E-state index in [-0.39, 0.29) is 25.8 Å². The van der Waals surface area contributed by atoms with Crippen molar-refractivity contribution in [2.75, 3.05) is 13.2 Å². The van der Waals surface area contributed by atoms with Gasteiger partial charge in [0.25, 0.3) is 5.91 Å². The number of carbonyl (C=O) groups excluding carboxylic acids is 2. The van der Waals surface area contributed by atoms with Crippen LogP contribution in [0.25, 0.3) is 0 Å². The van der Waals surface area contributed by atoms with E-state index in [1.807, 2.05) is 0 Å². The Balaban J connectivity index is 2.06. The van der Waals surface area contributed by atoms with E-state index in [0.717, 1.165) is 5.56 Å². The zero-order valence-corrected chi connectivity index (χ0v) is 18.6. The highest BCUT2D eigenvalue weighted by molar-refractivity contribution is 7.53. The van der Waals surface area contributed by atoms with Gasteiger partial charge in [-0.2, -0.15) is 0 Å². The molecule has 0 heterocycles. The number of rotatable bonds is 11.